The predicted molar refractivity (Wildman–Crippen MR) is 72.8 cm³/mol. The molecular weight excluding hydrogens is 337 g/mol. The second kappa shape index (κ2) is 2.87. The molecule has 0 aromatic heterocycles. The number of fused-ring (bicyclic) bond motifs is 12. The molecule has 0 spiro atoms. The van der Waals surface area contributed by atoms with Gasteiger partial charge in [0.15, 0.2) is 4.33 Å². The Balaban J connectivity index is 1.80. The summed E-state index contributed by atoms with van der Waals surface area (Å²) in [6.45, 7) is 0. The minimum Gasteiger partial charge on any atom is -0.369 e. The molecule has 8 atom stereocenters. The van der Waals surface area contributed by atoms with E-state index in [1.807, 2.05) is 0 Å². The zero-order chi connectivity index (χ0) is 13.5. The first-order valence-electron chi connectivity index (χ1n) is 6.56. The zero-order valence-electron chi connectivity index (χ0n) is 9.97. The molecule has 4 aliphatic carbocycles. The van der Waals surface area contributed by atoms with Gasteiger partial charge in [0, 0.05) is 5.03 Å². The van der Waals surface area contributed by atoms with Gasteiger partial charge in [-0.25, -0.2) is 0 Å². The number of allylic oxidation sites excluding steroid dienone is 2. The van der Waals surface area contributed by atoms with Gasteiger partial charge in [-0.1, -0.05) is 34.8 Å². The van der Waals surface area contributed by atoms with Crippen LogP contribution >= 0.6 is 58.0 Å². The van der Waals surface area contributed by atoms with Gasteiger partial charge >= 0.3 is 0 Å². The molecule has 0 radical (unpaired) electrons. The topological polar surface area (TPSA) is 12.5 Å². The van der Waals surface area contributed by atoms with Crippen LogP contribution in [-0.4, -0.2) is 26.3 Å². The Labute approximate surface area is 131 Å². The molecular formula is C12H9Cl5O. The normalized spacial score (nSPS) is 70.4. The molecule has 1 aliphatic heterocycles. The summed E-state index contributed by atoms with van der Waals surface area (Å²) in [6, 6.07) is 0.0989. The Morgan fingerprint density at radius 3 is 2.44 bits per heavy atom. The van der Waals surface area contributed by atoms with E-state index in [0.29, 0.717) is 11.8 Å². The van der Waals surface area contributed by atoms with E-state index in [4.69, 9.17) is 64.1 Å². The summed E-state index contributed by atoms with van der Waals surface area (Å²) in [7, 11) is 0. The highest BCUT2D eigenvalue weighted by molar-refractivity contribution is 6.62. The van der Waals surface area contributed by atoms with Gasteiger partial charge in [0.2, 0.25) is 0 Å². The number of epoxide rings is 1. The van der Waals surface area contributed by atoms with E-state index in [2.05, 4.69) is 0 Å². The fourth-order valence-electron chi connectivity index (χ4n) is 5.11. The summed E-state index contributed by atoms with van der Waals surface area (Å²) in [5.74, 6) is 0.624. The minimum absolute atomic E-state index is 0.00887. The van der Waals surface area contributed by atoms with Gasteiger partial charge in [-0.2, -0.15) is 0 Å². The van der Waals surface area contributed by atoms with Gasteiger partial charge in [0.05, 0.1) is 13.6 Å². The summed E-state index contributed by atoms with van der Waals surface area (Å²) >= 11 is 32.9. The molecule has 6 heteroatoms. The number of rotatable bonds is 0. The monoisotopic (exact) mass is 345 g/mol. The Kier molecular flexibility index (Phi) is 1.72. The summed E-state index contributed by atoms with van der Waals surface area (Å²) in [5.41, 5.74) is 0. The number of alkyl halides is 4. The molecule has 5 aliphatic rings. The van der Waals surface area contributed by atoms with E-state index in [1.54, 1.807) is 0 Å². The summed E-state index contributed by atoms with van der Waals surface area (Å²) in [6.07, 6.45) is 1.57. The molecule has 0 aromatic rings. The standard InChI is InChI=1S/C12H9Cl5O/c13-5-2-10(14)6-3-1-4(9-8(3)18-9)7(6)11(5,15)12(10,16)17/h2-4,6-9H,1H2/t3-,4+,6+,7-,8-,9+,10+,11-/m0/s1/i2D. The van der Waals surface area contributed by atoms with Gasteiger partial charge in [-0.3, -0.25) is 0 Å². The van der Waals surface area contributed by atoms with E-state index in [9.17, 15) is 0 Å². The van der Waals surface area contributed by atoms with Gasteiger partial charge in [-0.05, 0) is 36.1 Å². The first-order chi connectivity index (χ1) is 8.78. The number of halogens is 5. The molecule has 1 nitrogen and oxygen atoms in total. The summed E-state index contributed by atoms with van der Waals surface area (Å²) < 4.78 is 12.5. The summed E-state index contributed by atoms with van der Waals surface area (Å²) in [5, 5.41) is 0.222. The number of ether oxygens (including phenoxy) is 1. The fourth-order valence-corrected chi connectivity index (χ4v) is 7.54. The van der Waals surface area contributed by atoms with Crippen LogP contribution in [0.5, 0.6) is 0 Å². The molecule has 4 fully saturated rings. The van der Waals surface area contributed by atoms with Crippen LogP contribution in [0.4, 0.5) is 0 Å². The minimum atomic E-state index is -1.43. The molecule has 0 N–H and O–H groups in total. The summed E-state index contributed by atoms with van der Waals surface area (Å²) in [4.78, 5) is -2.33. The van der Waals surface area contributed by atoms with Crippen LogP contribution in [0.25, 0.3) is 0 Å². The van der Waals surface area contributed by atoms with E-state index < -0.39 is 14.1 Å². The lowest BCUT2D eigenvalue weighted by Gasteiger charge is -2.36. The van der Waals surface area contributed by atoms with Crippen molar-refractivity contribution in [3.8, 4) is 0 Å². The molecule has 98 valence electrons. The Morgan fingerprint density at radius 1 is 1.17 bits per heavy atom. The molecule has 3 saturated carbocycles. The van der Waals surface area contributed by atoms with Crippen molar-refractivity contribution in [2.24, 2.45) is 23.7 Å². The van der Waals surface area contributed by atoms with Gasteiger partial charge in [0.25, 0.3) is 0 Å². The molecule has 18 heavy (non-hydrogen) atoms. The van der Waals surface area contributed by atoms with Gasteiger partial charge in [-0.15, -0.1) is 23.2 Å². The lowest BCUT2D eigenvalue weighted by molar-refractivity contribution is 0.237. The molecule has 1 saturated heterocycles. The Morgan fingerprint density at radius 2 is 1.78 bits per heavy atom. The average molecular weight is 347 g/mol. The van der Waals surface area contributed by atoms with E-state index in [1.165, 1.54) is 0 Å². The smallest absolute Gasteiger partial charge is 0.165 e. The predicted octanol–water partition coefficient (Wildman–Crippen LogP) is 3.91. The molecule has 5 rings (SSSR count). The maximum atomic E-state index is 8.24. The van der Waals surface area contributed by atoms with Crippen LogP contribution in [0, 0.1) is 23.7 Å². The van der Waals surface area contributed by atoms with Crippen molar-refractivity contribution in [2.75, 3.05) is 0 Å². The van der Waals surface area contributed by atoms with E-state index in [0.717, 1.165) is 6.42 Å². The molecule has 4 bridgehead atoms. The quantitative estimate of drug-likeness (QED) is 0.368. The average Bonchev–Trinajstić information content (AvgIpc) is 2.91. The fraction of sp³-hybridized carbons (Fsp3) is 0.833. The maximum absolute atomic E-state index is 8.24. The first kappa shape index (κ1) is 10.8. The third-order valence-corrected chi connectivity index (χ3v) is 9.13. The second-order valence-corrected chi connectivity index (χ2v) is 9.01. The molecule has 0 amide bonds. The van der Waals surface area contributed by atoms with E-state index >= 15 is 0 Å². The van der Waals surface area contributed by atoms with Crippen LogP contribution in [-0.2, 0) is 4.74 Å². The first-order valence-corrected chi connectivity index (χ1v) is 7.95. The Hall–Kier alpha value is 1.15. The largest absolute Gasteiger partial charge is 0.369 e. The van der Waals surface area contributed by atoms with Gasteiger partial charge < -0.3 is 4.74 Å². The third kappa shape index (κ3) is 0.859. The highest BCUT2D eigenvalue weighted by Gasteiger charge is 2.87. The van der Waals surface area contributed by atoms with E-state index in [-0.39, 0.29) is 35.1 Å². The number of hydrogen-bond donors (Lipinski definition) is 0. The van der Waals surface area contributed by atoms with Crippen molar-refractivity contribution in [2.45, 2.75) is 32.7 Å². The molecule has 1 heterocycles. The molecule has 0 aromatic carbocycles. The van der Waals surface area contributed by atoms with Crippen molar-refractivity contribution in [1.82, 2.24) is 0 Å². The van der Waals surface area contributed by atoms with Crippen LogP contribution in [0.2, 0.25) is 0 Å². The van der Waals surface area contributed by atoms with Crippen molar-refractivity contribution in [3.05, 3.63) is 11.1 Å². The highest BCUT2D eigenvalue weighted by Crippen LogP contribution is 2.82. The van der Waals surface area contributed by atoms with Crippen LogP contribution in [0.3, 0.4) is 0 Å². The van der Waals surface area contributed by atoms with Crippen LogP contribution in [0.1, 0.15) is 7.79 Å². The SMILES string of the molecule is [2H]C1=C(Cl)[C@]2(Cl)[C@H]3[C@H]4C[C@H]([C@@H]5O[C@H]45)[C@H]3[C@@]1(Cl)C2(Cl)Cl. The van der Waals surface area contributed by atoms with Crippen LogP contribution < -0.4 is 0 Å². The van der Waals surface area contributed by atoms with Crippen LogP contribution in [0.15, 0.2) is 11.1 Å². The van der Waals surface area contributed by atoms with Gasteiger partial charge in [0.1, 0.15) is 9.75 Å². The lowest BCUT2D eigenvalue weighted by Crippen LogP contribution is -2.46. The zero-order valence-corrected chi connectivity index (χ0v) is 12.7. The lowest BCUT2D eigenvalue weighted by atomic mass is 9.73. The third-order valence-electron chi connectivity index (χ3n) is 5.70. The highest BCUT2D eigenvalue weighted by atomic mass is 35.5. The van der Waals surface area contributed by atoms with Crippen molar-refractivity contribution >= 4 is 58.0 Å². The van der Waals surface area contributed by atoms with Crippen molar-refractivity contribution < 1.29 is 6.11 Å². The van der Waals surface area contributed by atoms with Crippen molar-refractivity contribution in [3.63, 3.8) is 0 Å². The Bertz CT molecular complexity index is 520. The second-order valence-electron chi connectivity index (χ2n) is 6.12. The number of hydrogen-bond acceptors (Lipinski definition) is 1. The maximum Gasteiger partial charge on any atom is 0.165 e. The molecule has 0 unspecified atom stereocenters. The van der Waals surface area contributed by atoms with Crippen molar-refractivity contribution in [1.29, 1.82) is 0 Å².